The summed E-state index contributed by atoms with van der Waals surface area (Å²) in [6, 6.07) is -1.81. The average Bonchev–Trinajstić information content (AvgIpc) is 3.14. The quantitative estimate of drug-likeness (QED) is 0.511. The Kier molecular flexibility index (Phi) is 5.87. The molecule has 0 radical (unpaired) electrons. The van der Waals surface area contributed by atoms with E-state index in [9.17, 15) is 9.59 Å². The van der Waals surface area contributed by atoms with Gasteiger partial charge in [-0.15, -0.1) is 0 Å². The summed E-state index contributed by atoms with van der Waals surface area (Å²) in [5, 5.41) is 19.6. The van der Waals surface area contributed by atoms with Crippen molar-refractivity contribution in [1.29, 1.82) is 0 Å². The van der Waals surface area contributed by atoms with Crippen LogP contribution in [0, 0.1) is 5.92 Å². The van der Waals surface area contributed by atoms with E-state index in [4.69, 9.17) is 14.9 Å². The van der Waals surface area contributed by atoms with Gasteiger partial charge in [0.2, 0.25) is 0 Å². The number of aliphatic hydroxyl groups excluding tert-OH is 1. The summed E-state index contributed by atoms with van der Waals surface area (Å²) in [7, 11) is 1.55. The predicted octanol–water partition coefficient (Wildman–Crippen LogP) is -0.500. The maximum Gasteiger partial charge on any atom is 0.328 e. The second-order valence-corrected chi connectivity index (χ2v) is 4.46. The number of hydrogen-bond donors (Lipinski definition) is 3. The lowest BCUT2D eigenvalue weighted by atomic mass is 10.3. The summed E-state index contributed by atoms with van der Waals surface area (Å²) in [5.74, 6) is -0.584. The number of nitrogens with zero attached hydrogens (tertiary/aromatic N) is 1. The van der Waals surface area contributed by atoms with Crippen LogP contribution in [0.5, 0.6) is 0 Å². The highest BCUT2D eigenvalue weighted by molar-refractivity contribution is 5.82. The fourth-order valence-electron chi connectivity index (χ4n) is 1.28. The molecule has 0 aromatic carbocycles. The maximum atomic E-state index is 11.5. The molecular weight excluding hydrogens is 240 g/mol. The Labute approximate surface area is 106 Å². The van der Waals surface area contributed by atoms with E-state index < -0.39 is 24.6 Å². The van der Waals surface area contributed by atoms with Crippen molar-refractivity contribution >= 4 is 12.0 Å². The average molecular weight is 260 g/mol. The summed E-state index contributed by atoms with van der Waals surface area (Å²) < 4.78 is 5.37. The van der Waals surface area contributed by atoms with Crippen LogP contribution >= 0.6 is 0 Å². The van der Waals surface area contributed by atoms with Crippen LogP contribution in [0.1, 0.15) is 12.8 Å². The lowest BCUT2D eigenvalue weighted by Crippen LogP contribution is -2.49. The molecule has 18 heavy (non-hydrogen) atoms. The fraction of sp³-hybridized carbons (Fsp3) is 0.818. The first-order valence-electron chi connectivity index (χ1n) is 5.97. The first kappa shape index (κ1) is 14.7. The molecule has 1 rings (SSSR count). The third-order valence-corrected chi connectivity index (χ3v) is 2.75. The molecule has 0 bridgehead atoms. The van der Waals surface area contributed by atoms with Crippen molar-refractivity contribution < 1.29 is 24.5 Å². The number of hydrogen-bond acceptors (Lipinski definition) is 4. The number of amides is 2. The molecule has 1 atom stereocenters. The number of likely N-dealkylation sites (N-methyl/N-ethyl adjacent to an activating group) is 1. The highest BCUT2D eigenvalue weighted by atomic mass is 16.5. The topological polar surface area (TPSA) is 99.1 Å². The van der Waals surface area contributed by atoms with Gasteiger partial charge in [-0.1, -0.05) is 0 Å². The SMILES string of the molecule is CN(CCOCC1CC1)C(=O)NC(CO)C(=O)O. The Bertz CT molecular complexity index is 293. The van der Waals surface area contributed by atoms with Gasteiger partial charge in [-0.3, -0.25) is 0 Å². The Balaban J connectivity index is 2.15. The van der Waals surface area contributed by atoms with Gasteiger partial charge in [-0.25, -0.2) is 9.59 Å². The van der Waals surface area contributed by atoms with E-state index in [2.05, 4.69) is 5.32 Å². The van der Waals surface area contributed by atoms with Gasteiger partial charge in [0.05, 0.1) is 13.2 Å². The van der Waals surface area contributed by atoms with Gasteiger partial charge in [-0.05, 0) is 18.8 Å². The molecule has 0 aromatic heterocycles. The van der Waals surface area contributed by atoms with Crippen LogP contribution < -0.4 is 5.32 Å². The zero-order valence-corrected chi connectivity index (χ0v) is 10.5. The van der Waals surface area contributed by atoms with E-state index in [-0.39, 0.29) is 0 Å². The molecule has 1 aliphatic carbocycles. The monoisotopic (exact) mass is 260 g/mol. The van der Waals surface area contributed by atoms with Crippen LogP contribution in [-0.2, 0) is 9.53 Å². The van der Waals surface area contributed by atoms with E-state index in [0.717, 1.165) is 6.61 Å². The number of carbonyl (C=O) groups is 2. The van der Waals surface area contributed by atoms with Crippen molar-refractivity contribution in [3.8, 4) is 0 Å². The Hall–Kier alpha value is -1.34. The molecule has 3 N–H and O–H groups in total. The summed E-state index contributed by atoms with van der Waals surface area (Å²) in [6.45, 7) is 0.907. The molecule has 0 heterocycles. The highest BCUT2D eigenvalue weighted by Crippen LogP contribution is 2.28. The number of urea groups is 1. The number of carbonyl (C=O) groups excluding carboxylic acids is 1. The summed E-state index contributed by atoms with van der Waals surface area (Å²) in [6.07, 6.45) is 2.43. The van der Waals surface area contributed by atoms with E-state index >= 15 is 0 Å². The number of rotatable bonds is 8. The Morgan fingerprint density at radius 3 is 2.67 bits per heavy atom. The second kappa shape index (κ2) is 7.17. The first-order chi connectivity index (χ1) is 8.54. The van der Waals surface area contributed by atoms with Crippen molar-refractivity contribution in [3.05, 3.63) is 0 Å². The van der Waals surface area contributed by atoms with Gasteiger partial charge in [0.25, 0.3) is 0 Å². The summed E-state index contributed by atoms with van der Waals surface area (Å²) in [5.41, 5.74) is 0. The zero-order chi connectivity index (χ0) is 13.5. The number of nitrogens with one attached hydrogen (secondary N) is 1. The zero-order valence-electron chi connectivity index (χ0n) is 10.5. The van der Waals surface area contributed by atoms with E-state index in [0.29, 0.717) is 19.1 Å². The minimum absolute atomic E-state index is 0.385. The summed E-state index contributed by atoms with van der Waals surface area (Å²) in [4.78, 5) is 23.5. The molecule has 1 fully saturated rings. The van der Waals surface area contributed by atoms with Gasteiger partial charge < -0.3 is 25.2 Å². The number of aliphatic hydroxyl groups is 1. The van der Waals surface area contributed by atoms with Crippen LogP contribution in [0.25, 0.3) is 0 Å². The third-order valence-electron chi connectivity index (χ3n) is 2.75. The first-order valence-corrected chi connectivity index (χ1v) is 5.97. The van der Waals surface area contributed by atoms with Crippen molar-refractivity contribution in [1.82, 2.24) is 10.2 Å². The van der Waals surface area contributed by atoms with Gasteiger partial charge in [0, 0.05) is 20.2 Å². The number of carboxylic acid groups (broad SMARTS) is 1. The molecule has 1 aliphatic rings. The summed E-state index contributed by atoms with van der Waals surface area (Å²) >= 11 is 0. The van der Waals surface area contributed by atoms with Crippen molar-refractivity contribution in [2.45, 2.75) is 18.9 Å². The molecule has 7 heteroatoms. The van der Waals surface area contributed by atoms with Gasteiger partial charge >= 0.3 is 12.0 Å². The fourth-order valence-corrected chi connectivity index (χ4v) is 1.28. The Morgan fingerprint density at radius 2 is 2.17 bits per heavy atom. The van der Waals surface area contributed by atoms with Crippen molar-refractivity contribution in [2.24, 2.45) is 5.92 Å². The van der Waals surface area contributed by atoms with Crippen molar-refractivity contribution in [3.63, 3.8) is 0 Å². The van der Waals surface area contributed by atoms with Crippen LogP contribution in [0.15, 0.2) is 0 Å². The molecule has 0 aliphatic heterocycles. The molecule has 1 unspecified atom stereocenters. The van der Waals surface area contributed by atoms with E-state index in [1.807, 2.05) is 0 Å². The van der Waals surface area contributed by atoms with Gasteiger partial charge in [-0.2, -0.15) is 0 Å². The molecule has 0 saturated heterocycles. The molecule has 104 valence electrons. The highest BCUT2D eigenvalue weighted by Gasteiger charge is 2.22. The largest absolute Gasteiger partial charge is 0.480 e. The molecule has 2 amide bonds. The van der Waals surface area contributed by atoms with Crippen LogP contribution in [0.4, 0.5) is 4.79 Å². The predicted molar refractivity (Wildman–Crippen MR) is 63.2 cm³/mol. The van der Waals surface area contributed by atoms with Gasteiger partial charge in [0.15, 0.2) is 6.04 Å². The van der Waals surface area contributed by atoms with Crippen LogP contribution in [-0.4, -0.2) is 66.6 Å². The Morgan fingerprint density at radius 1 is 1.50 bits per heavy atom. The van der Waals surface area contributed by atoms with E-state index in [1.54, 1.807) is 7.05 Å². The standard InChI is InChI=1S/C11H20N2O5/c1-13(4-5-18-7-8-2-3-8)11(17)12-9(6-14)10(15)16/h8-9,14H,2-7H2,1H3,(H,12,17)(H,15,16). The minimum atomic E-state index is -1.27. The molecular formula is C11H20N2O5. The molecule has 0 spiro atoms. The number of carboxylic acids is 1. The van der Waals surface area contributed by atoms with Crippen LogP contribution in [0.2, 0.25) is 0 Å². The smallest absolute Gasteiger partial charge is 0.328 e. The second-order valence-electron chi connectivity index (χ2n) is 4.46. The minimum Gasteiger partial charge on any atom is -0.480 e. The number of ether oxygens (including phenoxy) is 1. The maximum absolute atomic E-state index is 11.5. The van der Waals surface area contributed by atoms with Crippen LogP contribution in [0.3, 0.4) is 0 Å². The lowest BCUT2D eigenvalue weighted by Gasteiger charge is -2.20. The van der Waals surface area contributed by atoms with Gasteiger partial charge in [0.1, 0.15) is 0 Å². The molecule has 7 nitrogen and oxygen atoms in total. The number of aliphatic carboxylic acids is 1. The molecule has 0 aromatic rings. The third kappa shape index (κ3) is 5.33. The normalized spacial score (nSPS) is 16.1. The van der Waals surface area contributed by atoms with Crippen molar-refractivity contribution in [2.75, 3.05) is 33.4 Å². The molecule has 1 saturated carbocycles. The lowest BCUT2D eigenvalue weighted by molar-refractivity contribution is -0.140. The van der Waals surface area contributed by atoms with E-state index in [1.165, 1.54) is 17.7 Å².